The quantitative estimate of drug-likeness (QED) is 0.485. The lowest BCUT2D eigenvalue weighted by Crippen LogP contribution is -2.50. The highest BCUT2D eigenvalue weighted by Gasteiger charge is 2.32. The van der Waals surface area contributed by atoms with Crippen molar-refractivity contribution in [1.82, 2.24) is 20.4 Å². The molecule has 10 nitrogen and oxygen atoms in total. The molecule has 0 saturated carbocycles. The molecule has 10 heteroatoms. The molecule has 1 N–H and O–H groups in total. The van der Waals surface area contributed by atoms with E-state index in [1.807, 2.05) is 18.2 Å². The number of para-hydroxylation sites is 1. The third-order valence-electron chi connectivity index (χ3n) is 4.71. The summed E-state index contributed by atoms with van der Waals surface area (Å²) < 4.78 is 11.0. The van der Waals surface area contributed by atoms with Crippen molar-refractivity contribution in [2.24, 2.45) is 0 Å². The van der Waals surface area contributed by atoms with Gasteiger partial charge in [0.1, 0.15) is 11.8 Å². The fourth-order valence-electron chi connectivity index (χ4n) is 3.21. The minimum Gasteiger partial charge on any atom is -0.484 e. The standard InChI is InChI=1S/C20H19N5O5/c26-18(13-29-16-7-2-1-3-8-16)24-10-9-21-12-17(24)20-22-19(23-30-20)14-5-4-6-15(11-14)25(27)28/h1-8,11,17,21H,9-10,12-13H2. The lowest BCUT2D eigenvalue weighted by Gasteiger charge is -2.33. The van der Waals surface area contributed by atoms with Gasteiger partial charge in [-0.1, -0.05) is 35.5 Å². The van der Waals surface area contributed by atoms with Crippen LogP contribution in [0.1, 0.15) is 11.9 Å². The van der Waals surface area contributed by atoms with E-state index in [4.69, 9.17) is 9.26 Å². The normalized spacial score (nSPS) is 16.3. The van der Waals surface area contributed by atoms with Gasteiger partial charge in [-0.3, -0.25) is 14.9 Å². The van der Waals surface area contributed by atoms with Crippen LogP contribution in [0.4, 0.5) is 5.69 Å². The van der Waals surface area contributed by atoms with Gasteiger partial charge in [-0.15, -0.1) is 0 Å². The molecule has 30 heavy (non-hydrogen) atoms. The minimum absolute atomic E-state index is 0.0620. The molecule has 1 aliphatic heterocycles. The van der Waals surface area contributed by atoms with Gasteiger partial charge in [-0.05, 0) is 12.1 Å². The van der Waals surface area contributed by atoms with E-state index < -0.39 is 11.0 Å². The molecule has 1 unspecified atom stereocenters. The second-order valence-corrected chi connectivity index (χ2v) is 6.67. The van der Waals surface area contributed by atoms with E-state index >= 15 is 0 Å². The first-order valence-corrected chi connectivity index (χ1v) is 9.38. The van der Waals surface area contributed by atoms with E-state index in [0.717, 1.165) is 0 Å². The second kappa shape index (κ2) is 8.70. The van der Waals surface area contributed by atoms with E-state index in [2.05, 4.69) is 15.5 Å². The number of hydrogen-bond donors (Lipinski definition) is 1. The average Bonchev–Trinajstić information content (AvgIpc) is 3.28. The summed E-state index contributed by atoms with van der Waals surface area (Å²) in [5.74, 6) is 0.910. The first-order chi connectivity index (χ1) is 14.6. The molecular weight excluding hydrogens is 390 g/mol. The zero-order chi connectivity index (χ0) is 20.9. The maximum atomic E-state index is 12.8. The van der Waals surface area contributed by atoms with Crippen LogP contribution >= 0.6 is 0 Å². The van der Waals surface area contributed by atoms with Gasteiger partial charge in [-0.25, -0.2) is 0 Å². The van der Waals surface area contributed by atoms with Crippen LogP contribution in [0, 0.1) is 10.1 Å². The fraction of sp³-hybridized carbons (Fsp3) is 0.250. The van der Waals surface area contributed by atoms with Crippen molar-refractivity contribution in [2.45, 2.75) is 6.04 Å². The number of benzene rings is 2. The molecule has 0 bridgehead atoms. The molecule has 2 aromatic carbocycles. The smallest absolute Gasteiger partial charge is 0.270 e. The first kappa shape index (κ1) is 19.5. The number of nitro benzene ring substituents is 1. The number of nitro groups is 1. The molecule has 0 aliphatic carbocycles. The van der Waals surface area contributed by atoms with Crippen LogP contribution in [-0.2, 0) is 4.79 Å². The van der Waals surface area contributed by atoms with Gasteiger partial charge >= 0.3 is 0 Å². The molecule has 154 valence electrons. The maximum absolute atomic E-state index is 12.8. The summed E-state index contributed by atoms with van der Waals surface area (Å²) >= 11 is 0. The number of rotatable bonds is 6. The van der Waals surface area contributed by atoms with Crippen LogP contribution in [0.2, 0.25) is 0 Å². The molecule has 2 heterocycles. The topological polar surface area (TPSA) is 124 Å². The van der Waals surface area contributed by atoms with Crippen molar-refractivity contribution in [3.8, 4) is 17.1 Å². The summed E-state index contributed by atoms with van der Waals surface area (Å²) in [7, 11) is 0. The van der Waals surface area contributed by atoms with Gasteiger partial charge in [0.2, 0.25) is 5.82 Å². The van der Waals surface area contributed by atoms with Gasteiger partial charge in [-0.2, -0.15) is 4.98 Å². The summed E-state index contributed by atoms with van der Waals surface area (Å²) in [5.41, 5.74) is 0.404. The lowest BCUT2D eigenvalue weighted by molar-refractivity contribution is -0.384. The number of amides is 1. The molecule has 0 spiro atoms. The molecule has 0 radical (unpaired) electrons. The zero-order valence-electron chi connectivity index (χ0n) is 15.9. The van der Waals surface area contributed by atoms with Crippen LogP contribution in [0.25, 0.3) is 11.4 Å². The van der Waals surface area contributed by atoms with E-state index in [0.29, 0.717) is 30.9 Å². The van der Waals surface area contributed by atoms with Gasteiger partial charge in [0.05, 0.1) is 4.92 Å². The Morgan fingerprint density at radius 3 is 2.90 bits per heavy atom. The van der Waals surface area contributed by atoms with Gasteiger partial charge in [0.15, 0.2) is 6.61 Å². The monoisotopic (exact) mass is 409 g/mol. The molecular formula is C20H19N5O5. The highest BCUT2D eigenvalue weighted by atomic mass is 16.6. The Balaban J connectivity index is 1.50. The Labute approximate surface area is 171 Å². The average molecular weight is 409 g/mol. The summed E-state index contributed by atoms with van der Waals surface area (Å²) in [6, 6.07) is 14.6. The van der Waals surface area contributed by atoms with Gasteiger partial charge in [0.25, 0.3) is 17.5 Å². The molecule has 1 atom stereocenters. The van der Waals surface area contributed by atoms with Crippen LogP contribution in [0.3, 0.4) is 0 Å². The van der Waals surface area contributed by atoms with E-state index in [1.165, 1.54) is 12.1 Å². The van der Waals surface area contributed by atoms with Gasteiger partial charge in [0, 0.05) is 37.3 Å². The Kier molecular flexibility index (Phi) is 5.66. The summed E-state index contributed by atoms with van der Waals surface area (Å²) in [5, 5.41) is 18.2. The second-order valence-electron chi connectivity index (χ2n) is 6.67. The van der Waals surface area contributed by atoms with Crippen LogP contribution in [-0.4, -0.2) is 52.1 Å². The molecule has 1 aliphatic rings. The Bertz CT molecular complexity index is 1040. The van der Waals surface area contributed by atoms with Crippen molar-refractivity contribution in [2.75, 3.05) is 26.2 Å². The number of carbonyl (C=O) groups excluding carboxylic acids is 1. The van der Waals surface area contributed by atoms with Crippen LogP contribution < -0.4 is 10.1 Å². The van der Waals surface area contributed by atoms with Crippen LogP contribution in [0.15, 0.2) is 59.1 Å². The predicted octanol–water partition coefficient (Wildman–Crippen LogP) is 2.20. The zero-order valence-corrected chi connectivity index (χ0v) is 15.9. The van der Waals surface area contributed by atoms with E-state index in [9.17, 15) is 14.9 Å². The number of hydrogen-bond acceptors (Lipinski definition) is 8. The number of piperazine rings is 1. The number of aromatic nitrogens is 2. The van der Waals surface area contributed by atoms with Gasteiger partial charge < -0.3 is 19.5 Å². The largest absolute Gasteiger partial charge is 0.484 e. The first-order valence-electron chi connectivity index (χ1n) is 9.38. The SMILES string of the molecule is O=C(COc1ccccc1)N1CCNCC1c1nc(-c2cccc([N+](=O)[O-])c2)no1. The third-order valence-corrected chi connectivity index (χ3v) is 4.71. The number of ether oxygens (including phenoxy) is 1. The minimum atomic E-state index is -0.483. The highest BCUT2D eigenvalue weighted by molar-refractivity contribution is 5.78. The molecule has 4 rings (SSSR count). The van der Waals surface area contributed by atoms with Crippen molar-refractivity contribution >= 4 is 11.6 Å². The lowest BCUT2D eigenvalue weighted by atomic mass is 10.1. The van der Waals surface area contributed by atoms with E-state index in [1.54, 1.807) is 29.2 Å². The Morgan fingerprint density at radius 2 is 2.10 bits per heavy atom. The van der Waals surface area contributed by atoms with Crippen molar-refractivity contribution in [1.29, 1.82) is 0 Å². The van der Waals surface area contributed by atoms with Crippen LogP contribution in [0.5, 0.6) is 5.75 Å². The number of nitrogens with zero attached hydrogens (tertiary/aromatic N) is 4. The number of non-ortho nitro benzene ring substituents is 1. The summed E-state index contributed by atoms with van der Waals surface area (Å²) in [6.07, 6.45) is 0. The summed E-state index contributed by atoms with van der Waals surface area (Å²) in [4.78, 5) is 29.3. The molecule has 1 aromatic heterocycles. The maximum Gasteiger partial charge on any atom is 0.270 e. The highest BCUT2D eigenvalue weighted by Crippen LogP contribution is 2.26. The third kappa shape index (κ3) is 4.28. The molecule has 3 aromatic rings. The number of nitrogens with one attached hydrogen (secondary N) is 1. The van der Waals surface area contributed by atoms with Crippen molar-refractivity contribution in [3.05, 3.63) is 70.6 Å². The number of carbonyl (C=O) groups is 1. The Hall–Kier alpha value is -3.79. The molecule has 1 saturated heterocycles. The van der Waals surface area contributed by atoms with Crippen molar-refractivity contribution < 1.29 is 19.0 Å². The summed E-state index contributed by atoms with van der Waals surface area (Å²) in [6.45, 7) is 1.45. The fourth-order valence-corrected chi connectivity index (χ4v) is 3.21. The Morgan fingerprint density at radius 1 is 1.27 bits per heavy atom. The molecule has 1 amide bonds. The molecule has 1 fully saturated rings. The van der Waals surface area contributed by atoms with Crippen molar-refractivity contribution in [3.63, 3.8) is 0 Å². The predicted molar refractivity (Wildman–Crippen MR) is 106 cm³/mol. The van der Waals surface area contributed by atoms with E-state index in [-0.39, 0.29) is 29.9 Å².